The molecule has 1 atom stereocenters. The summed E-state index contributed by atoms with van der Waals surface area (Å²) >= 11 is 5.89. The maximum Gasteiger partial charge on any atom is 0.331 e. The zero-order valence-corrected chi connectivity index (χ0v) is 17.5. The zero-order chi connectivity index (χ0) is 21.4. The molecule has 0 aromatic heterocycles. The highest BCUT2D eigenvalue weighted by Gasteiger charge is 2.17. The Morgan fingerprint density at radius 3 is 2.48 bits per heavy atom. The van der Waals surface area contributed by atoms with Crippen LogP contribution in [0.1, 0.15) is 26.3 Å². The van der Waals surface area contributed by atoms with E-state index < -0.39 is 18.0 Å². The number of anilines is 1. The molecule has 0 radical (unpaired) electrons. The molecule has 1 N–H and O–H groups in total. The first kappa shape index (κ1) is 22.3. The number of hydrogen-bond donors (Lipinski definition) is 1. The number of carbonyl (C=O) groups is 2. The van der Waals surface area contributed by atoms with Crippen molar-refractivity contribution < 1.29 is 23.8 Å². The number of benzene rings is 2. The van der Waals surface area contributed by atoms with Gasteiger partial charge in [0.05, 0.1) is 13.2 Å². The average molecular weight is 418 g/mol. The Balaban J connectivity index is 1.95. The molecule has 0 heterocycles. The molecule has 0 fully saturated rings. The molecule has 0 aliphatic heterocycles. The third-order valence-electron chi connectivity index (χ3n) is 3.72. The van der Waals surface area contributed by atoms with Gasteiger partial charge in [-0.2, -0.15) is 0 Å². The highest BCUT2D eigenvalue weighted by atomic mass is 35.5. The minimum Gasteiger partial charge on any atom is -0.493 e. The predicted octanol–water partition coefficient (Wildman–Crippen LogP) is 4.72. The Kier molecular flexibility index (Phi) is 8.09. The van der Waals surface area contributed by atoms with Crippen molar-refractivity contribution in [2.24, 2.45) is 0 Å². The summed E-state index contributed by atoms with van der Waals surface area (Å²) in [4.78, 5) is 24.2. The summed E-state index contributed by atoms with van der Waals surface area (Å²) in [5.74, 6) is 0.0862. The molecule has 0 aliphatic carbocycles. The van der Waals surface area contributed by atoms with Crippen LogP contribution in [0, 0.1) is 0 Å². The molecule has 0 saturated carbocycles. The van der Waals surface area contributed by atoms with E-state index in [2.05, 4.69) is 5.32 Å². The van der Waals surface area contributed by atoms with E-state index in [9.17, 15) is 9.59 Å². The summed E-state index contributed by atoms with van der Waals surface area (Å²) in [6.07, 6.45) is 1.87. The Morgan fingerprint density at radius 2 is 1.83 bits per heavy atom. The highest BCUT2D eigenvalue weighted by Crippen LogP contribution is 2.29. The number of nitrogens with one attached hydrogen (secondary N) is 1. The van der Waals surface area contributed by atoms with Gasteiger partial charge in [0.15, 0.2) is 17.6 Å². The van der Waals surface area contributed by atoms with Crippen molar-refractivity contribution in [1.29, 1.82) is 0 Å². The summed E-state index contributed by atoms with van der Waals surface area (Å²) in [5.41, 5.74) is 1.25. The minimum atomic E-state index is -0.970. The first-order chi connectivity index (χ1) is 13.8. The molecule has 7 heteroatoms. The summed E-state index contributed by atoms with van der Waals surface area (Å²) in [5, 5.41) is 3.14. The SMILES string of the molecule is COc1cc(/C=C/C(=O)O[C@H](C)C(=O)Nc2cccc(Cl)c2)ccc1OC(C)C. The van der Waals surface area contributed by atoms with Crippen molar-refractivity contribution in [2.45, 2.75) is 33.0 Å². The largest absolute Gasteiger partial charge is 0.493 e. The van der Waals surface area contributed by atoms with Gasteiger partial charge in [0.25, 0.3) is 5.91 Å². The Bertz CT molecular complexity index is 895. The molecular formula is C22H24ClNO5. The fraction of sp³-hybridized carbons (Fsp3) is 0.273. The average Bonchev–Trinajstić information content (AvgIpc) is 2.66. The van der Waals surface area contributed by atoms with E-state index >= 15 is 0 Å². The third kappa shape index (κ3) is 7.16. The van der Waals surface area contributed by atoms with Crippen LogP contribution in [0.3, 0.4) is 0 Å². The minimum absolute atomic E-state index is 0.0137. The summed E-state index contributed by atoms with van der Waals surface area (Å²) < 4.78 is 16.1. The molecule has 154 valence electrons. The number of esters is 1. The molecular weight excluding hydrogens is 394 g/mol. The van der Waals surface area contributed by atoms with Crippen LogP contribution in [0.15, 0.2) is 48.5 Å². The molecule has 0 bridgehead atoms. The van der Waals surface area contributed by atoms with Gasteiger partial charge in [0.2, 0.25) is 0 Å². The Labute approximate surface area is 175 Å². The maximum atomic E-state index is 12.2. The lowest BCUT2D eigenvalue weighted by Gasteiger charge is -2.14. The van der Waals surface area contributed by atoms with Gasteiger partial charge in [-0.25, -0.2) is 4.79 Å². The van der Waals surface area contributed by atoms with Crippen molar-refractivity contribution >= 4 is 35.2 Å². The van der Waals surface area contributed by atoms with Gasteiger partial charge >= 0.3 is 5.97 Å². The number of ether oxygens (including phenoxy) is 3. The van der Waals surface area contributed by atoms with Crippen LogP contribution in [-0.4, -0.2) is 31.2 Å². The van der Waals surface area contributed by atoms with Crippen LogP contribution in [0.4, 0.5) is 5.69 Å². The van der Waals surface area contributed by atoms with E-state index in [1.54, 1.807) is 55.7 Å². The molecule has 6 nitrogen and oxygen atoms in total. The van der Waals surface area contributed by atoms with Gasteiger partial charge in [-0.3, -0.25) is 4.79 Å². The molecule has 2 rings (SSSR count). The fourth-order valence-electron chi connectivity index (χ4n) is 2.38. The second kappa shape index (κ2) is 10.5. The van der Waals surface area contributed by atoms with E-state index in [4.69, 9.17) is 25.8 Å². The maximum absolute atomic E-state index is 12.2. The molecule has 29 heavy (non-hydrogen) atoms. The monoisotopic (exact) mass is 417 g/mol. The molecule has 0 spiro atoms. The van der Waals surface area contributed by atoms with Crippen molar-refractivity contribution in [3.63, 3.8) is 0 Å². The Hall–Kier alpha value is -2.99. The lowest BCUT2D eigenvalue weighted by Crippen LogP contribution is -2.29. The van der Waals surface area contributed by atoms with Gasteiger partial charge in [-0.1, -0.05) is 23.7 Å². The van der Waals surface area contributed by atoms with Crippen molar-refractivity contribution in [2.75, 3.05) is 12.4 Å². The molecule has 0 saturated heterocycles. The quantitative estimate of drug-likeness (QED) is 0.497. The Morgan fingerprint density at radius 1 is 1.07 bits per heavy atom. The lowest BCUT2D eigenvalue weighted by atomic mass is 10.2. The first-order valence-corrected chi connectivity index (χ1v) is 9.46. The molecule has 2 aromatic carbocycles. The fourth-order valence-corrected chi connectivity index (χ4v) is 2.57. The topological polar surface area (TPSA) is 73.9 Å². The summed E-state index contributed by atoms with van der Waals surface area (Å²) in [6.45, 7) is 5.34. The number of hydrogen-bond acceptors (Lipinski definition) is 5. The van der Waals surface area contributed by atoms with Gasteiger partial charge in [-0.15, -0.1) is 0 Å². The molecule has 0 unspecified atom stereocenters. The van der Waals surface area contributed by atoms with Crippen LogP contribution >= 0.6 is 11.6 Å². The second-order valence-electron chi connectivity index (χ2n) is 6.49. The standard InChI is InChI=1S/C22H24ClNO5/c1-14(2)28-19-10-8-16(12-20(19)27-4)9-11-21(25)29-15(3)22(26)24-18-7-5-6-17(23)13-18/h5-15H,1-4H3,(H,24,26)/b11-9+/t15-/m1/s1. The predicted molar refractivity (Wildman–Crippen MR) is 113 cm³/mol. The second-order valence-corrected chi connectivity index (χ2v) is 6.93. The van der Waals surface area contributed by atoms with Crippen LogP contribution in [0.25, 0.3) is 6.08 Å². The normalized spacial score (nSPS) is 11.9. The van der Waals surface area contributed by atoms with Crippen LogP contribution in [0.2, 0.25) is 5.02 Å². The third-order valence-corrected chi connectivity index (χ3v) is 3.95. The lowest BCUT2D eigenvalue weighted by molar-refractivity contribution is -0.148. The van der Waals surface area contributed by atoms with Gasteiger partial charge in [0.1, 0.15) is 0 Å². The molecule has 1 amide bonds. The van der Waals surface area contributed by atoms with Crippen molar-refractivity contribution in [1.82, 2.24) is 0 Å². The first-order valence-electron chi connectivity index (χ1n) is 9.08. The van der Waals surface area contributed by atoms with Gasteiger partial charge in [-0.05, 0) is 62.7 Å². The van der Waals surface area contributed by atoms with Gasteiger partial charge < -0.3 is 19.5 Å². The highest BCUT2D eigenvalue weighted by molar-refractivity contribution is 6.30. The number of rotatable bonds is 8. The van der Waals surface area contributed by atoms with E-state index in [1.807, 2.05) is 13.8 Å². The van der Waals surface area contributed by atoms with Crippen molar-refractivity contribution in [3.8, 4) is 11.5 Å². The zero-order valence-electron chi connectivity index (χ0n) is 16.8. The number of carbonyl (C=O) groups excluding carboxylic acids is 2. The van der Waals surface area contributed by atoms with E-state index in [0.717, 1.165) is 5.56 Å². The number of amides is 1. The van der Waals surface area contributed by atoms with Gasteiger partial charge in [0, 0.05) is 16.8 Å². The van der Waals surface area contributed by atoms with Crippen molar-refractivity contribution in [3.05, 3.63) is 59.1 Å². The van der Waals surface area contributed by atoms with E-state index in [-0.39, 0.29) is 6.10 Å². The van der Waals surface area contributed by atoms with Crippen LogP contribution < -0.4 is 14.8 Å². The summed E-state index contributed by atoms with van der Waals surface area (Å²) in [6, 6.07) is 12.0. The molecule has 2 aromatic rings. The molecule has 0 aliphatic rings. The van der Waals surface area contributed by atoms with Crippen LogP contribution in [0.5, 0.6) is 11.5 Å². The van der Waals surface area contributed by atoms with E-state index in [0.29, 0.717) is 22.2 Å². The number of halogens is 1. The number of methoxy groups -OCH3 is 1. The van der Waals surface area contributed by atoms with Crippen LogP contribution in [-0.2, 0) is 14.3 Å². The smallest absolute Gasteiger partial charge is 0.331 e. The van der Waals surface area contributed by atoms with E-state index in [1.165, 1.54) is 13.0 Å². The summed E-state index contributed by atoms with van der Waals surface area (Å²) in [7, 11) is 1.55.